The van der Waals surface area contributed by atoms with Crippen LogP contribution < -0.4 is 46.9 Å². The molecule has 1 aromatic carbocycles. The summed E-state index contributed by atoms with van der Waals surface area (Å²) in [6.45, 7) is 0. The summed E-state index contributed by atoms with van der Waals surface area (Å²) in [6, 6.07) is 5.24. The maximum atomic E-state index is 8.54. The van der Waals surface area contributed by atoms with Gasteiger partial charge in [-0.1, -0.05) is 0 Å². The van der Waals surface area contributed by atoms with Crippen molar-refractivity contribution in [1.82, 2.24) is 0 Å². The molecule has 0 radical (unpaired) electrons. The SMILES string of the molecule is COc1cc([N+]#N)ccc1N(C)C.[Cl-].[Cl-].[Cl-].[Zn+2]. The summed E-state index contributed by atoms with van der Waals surface area (Å²) in [4.78, 5) is 5.01. The Hall–Kier alpha value is -0.267. The van der Waals surface area contributed by atoms with Crippen molar-refractivity contribution in [2.45, 2.75) is 0 Å². The molecule has 4 nitrogen and oxygen atoms in total. The van der Waals surface area contributed by atoms with Crippen LogP contribution in [0.15, 0.2) is 18.2 Å². The molecule has 1 aromatic rings. The van der Waals surface area contributed by atoms with E-state index in [-0.39, 0.29) is 56.7 Å². The van der Waals surface area contributed by atoms with Crippen molar-refractivity contribution in [2.24, 2.45) is 0 Å². The molecule has 0 aliphatic heterocycles. The van der Waals surface area contributed by atoms with E-state index >= 15 is 0 Å². The normalized spacial score (nSPS) is 6.94. The summed E-state index contributed by atoms with van der Waals surface area (Å²) in [5.41, 5.74) is 1.44. The van der Waals surface area contributed by atoms with Gasteiger partial charge in [0.2, 0.25) is 5.39 Å². The summed E-state index contributed by atoms with van der Waals surface area (Å²) >= 11 is 0. The van der Waals surface area contributed by atoms with E-state index in [1.165, 1.54) is 0 Å². The monoisotopic (exact) mass is 347 g/mol. The zero-order chi connectivity index (χ0) is 9.84. The number of ether oxygens (including phenoxy) is 1. The largest absolute Gasteiger partial charge is 2.00 e. The Labute approximate surface area is 133 Å². The van der Waals surface area contributed by atoms with Crippen molar-refractivity contribution in [3.8, 4) is 5.75 Å². The Bertz CT molecular complexity index is 358. The summed E-state index contributed by atoms with van der Waals surface area (Å²) < 4.78 is 5.14. The number of hydrogen-bond donors (Lipinski definition) is 0. The molecule has 8 heteroatoms. The Morgan fingerprint density at radius 2 is 1.71 bits per heavy atom. The van der Waals surface area contributed by atoms with Gasteiger partial charge in [-0.2, -0.15) is 0 Å². The summed E-state index contributed by atoms with van der Waals surface area (Å²) in [5, 5.41) is 8.54. The Kier molecular flexibility index (Phi) is 18.3. The summed E-state index contributed by atoms with van der Waals surface area (Å²) in [6.07, 6.45) is 0. The Balaban J connectivity index is -0.000000211. The van der Waals surface area contributed by atoms with Crippen LogP contribution in [0.4, 0.5) is 11.4 Å². The zero-order valence-corrected chi connectivity index (χ0v) is 15.1. The summed E-state index contributed by atoms with van der Waals surface area (Å²) in [7, 11) is 5.44. The fraction of sp³-hybridized carbons (Fsp3) is 0.333. The minimum atomic E-state index is 0. The molecule has 0 unspecified atom stereocenters. The van der Waals surface area contributed by atoms with Crippen molar-refractivity contribution < 1.29 is 61.4 Å². The average molecular weight is 350 g/mol. The van der Waals surface area contributed by atoms with Crippen LogP contribution in [0.2, 0.25) is 0 Å². The van der Waals surface area contributed by atoms with E-state index in [1.807, 2.05) is 25.1 Å². The number of methoxy groups -OCH3 is 1. The Morgan fingerprint density at radius 1 is 1.18 bits per heavy atom. The van der Waals surface area contributed by atoms with Gasteiger partial charge in [-0.05, 0) is 6.07 Å². The number of benzene rings is 1. The molecule has 0 atom stereocenters. The fourth-order valence-corrected chi connectivity index (χ4v) is 1.10. The van der Waals surface area contributed by atoms with Crippen LogP contribution in [0.25, 0.3) is 4.98 Å². The van der Waals surface area contributed by atoms with Gasteiger partial charge in [-0.3, -0.25) is 0 Å². The molecule has 0 aliphatic carbocycles. The van der Waals surface area contributed by atoms with Gasteiger partial charge in [0.1, 0.15) is 5.75 Å². The standard InChI is InChI=1S/C9H12N3O.3ClH.Zn/c1-12(2)8-5-4-7(11-10)6-9(8)13-3;;;;/h4-6H,1-3H3;3*1H;/q+1;;;;+2/p-3. The van der Waals surface area contributed by atoms with E-state index in [9.17, 15) is 0 Å². The molecule has 0 N–H and O–H groups in total. The van der Waals surface area contributed by atoms with Crippen LogP contribution in [0.5, 0.6) is 5.75 Å². The van der Waals surface area contributed by atoms with E-state index in [4.69, 9.17) is 10.1 Å². The third-order valence-electron chi connectivity index (χ3n) is 1.76. The molecule has 0 spiro atoms. The molecule has 0 aliphatic rings. The van der Waals surface area contributed by atoms with Crippen molar-refractivity contribution in [3.05, 3.63) is 23.2 Å². The van der Waals surface area contributed by atoms with Crippen LogP contribution in [-0.2, 0) is 19.5 Å². The number of halogens is 3. The van der Waals surface area contributed by atoms with Gasteiger partial charge in [0.25, 0.3) is 0 Å². The van der Waals surface area contributed by atoms with Crippen LogP contribution in [0.1, 0.15) is 0 Å². The second kappa shape index (κ2) is 12.2. The molecule has 0 heterocycles. The Morgan fingerprint density at radius 3 is 2.06 bits per heavy atom. The molecule has 0 amide bonds. The third kappa shape index (κ3) is 6.90. The molecule has 0 aromatic heterocycles. The second-order valence-corrected chi connectivity index (χ2v) is 2.85. The third-order valence-corrected chi connectivity index (χ3v) is 1.76. The first kappa shape index (κ1) is 25.5. The van der Waals surface area contributed by atoms with Gasteiger partial charge in [0, 0.05) is 20.2 Å². The predicted molar refractivity (Wildman–Crippen MR) is 52.1 cm³/mol. The van der Waals surface area contributed by atoms with Crippen molar-refractivity contribution in [2.75, 3.05) is 26.1 Å². The maximum Gasteiger partial charge on any atom is 2.00 e. The minimum absolute atomic E-state index is 0. The second-order valence-electron chi connectivity index (χ2n) is 2.85. The van der Waals surface area contributed by atoms with E-state index in [0.29, 0.717) is 11.4 Å². The number of diazo groups is 1. The predicted octanol–water partition coefficient (Wildman–Crippen LogP) is -6.74. The first-order valence-electron chi connectivity index (χ1n) is 3.89. The summed E-state index contributed by atoms with van der Waals surface area (Å²) in [5.74, 6) is 0.695. The zero-order valence-electron chi connectivity index (χ0n) is 9.82. The molecule has 0 fully saturated rings. The first-order valence-corrected chi connectivity index (χ1v) is 3.89. The molecule has 92 valence electrons. The van der Waals surface area contributed by atoms with Crippen LogP contribution in [-0.4, -0.2) is 21.2 Å². The molecule has 0 saturated carbocycles. The first-order chi connectivity index (χ1) is 6.19. The van der Waals surface area contributed by atoms with Gasteiger partial charge >= 0.3 is 25.2 Å². The van der Waals surface area contributed by atoms with Gasteiger partial charge in [0.15, 0.2) is 4.98 Å². The van der Waals surface area contributed by atoms with Gasteiger partial charge in [0.05, 0.1) is 18.9 Å². The van der Waals surface area contributed by atoms with Crippen molar-refractivity contribution in [1.29, 1.82) is 5.39 Å². The van der Waals surface area contributed by atoms with E-state index in [0.717, 1.165) is 5.69 Å². The van der Waals surface area contributed by atoms with Crippen molar-refractivity contribution >= 4 is 11.4 Å². The molecule has 0 saturated heterocycles. The van der Waals surface area contributed by atoms with E-state index in [2.05, 4.69) is 4.98 Å². The van der Waals surface area contributed by atoms with Crippen LogP contribution in [0, 0.1) is 5.39 Å². The minimum Gasteiger partial charge on any atom is -1.00 e. The quantitative estimate of drug-likeness (QED) is 0.394. The van der Waals surface area contributed by atoms with Crippen molar-refractivity contribution in [3.63, 3.8) is 0 Å². The van der Waals surface area contributed by atoms with Gasteiger partial charge in [-0.25, -0.2) is 0 Å². The van der Waals surface area contributed by atoms with Gasteiger partial charge < -0.3 is 46.9 Å². The molecule has 1 rings (SSSR count). The van der Waals surface area contributed by atoms with Crippen LogP contribution >= 0.6 is 0 Å². The molecule has 0 bridgehead atoms. The average Bonchev–Trinajstić information content (AvgIpc) is 2.16. The number of rotatable bonds is 2. The van der Waals surface area contributed by atoms with E-state index in [1.54, 1.807) is 19.2 Å². The van der Waals surface area contributed by atoms with Crippen LogP contribution in [0.3, 0.4) is 0 Å². The molecule has 17 heavy (non-hydrogen) atoms. The number of anilines is 1. The molecular formula is C9H12Cl3N3OZn. The smallest absolute Gasteiger partial charge is 1.00 e. The topological polar surface area (TPSA) is 40.6 Å². The fourth-order valence-electron chi connectivity index (χ4n) is 1.10. The number of nitrogens with zero attached hydrogens (tertiary/aromatic N) is 3. The number of hydrogen-bond acceptors (Lipinski definition) is 3. The molecular weight excluding hydrogens is 338 g/mol. The van der Waals surface area contributed by atoms with Gasteiger partial charge in [-0.15, -0.1) is 0 Å². The van der Waals surface area contributed by atoms with E-state index < -0.39 is 0 Å². The maximum absolute atomic E-state index is 8.54.